The van der Waals surface area contributed by atoms with Gasteiger partial charge in [-0.25, -0.2) is 22.4 Å². The van der Waals surface area contributed by atoms with Crippen LogP contribution in [0.1, 0.15) is 35.7 Å². The number of benzene rings is 1. The highest BCUT2D eigenvalue weighted by atomic mass is 32.2. The quantitative estimate of drug-likeness (QED) is 0.697. The number of sulfonamides is 1. The van der Waals surface area contributed by atoms with Gasteiger partial charge in [-0.2, -0.15) is 0 Å². The van der Waals surface area contributed by atoms with Crippen molar-refractivity contribution >= 4 is 21.2 Å². The molecule has 1 fully saturated rings. The van der Waals surface area contributed by atoms with E-state index in [2.05, 4.69) is 20.3 Å². The maximum absolute atomic E-state index is 12.5. The van der Waals surface area contributed by atoms with Gasteiger partial charge in [-0.05, 0) is 25.3 Å². The molecule has 1 N–H and O–H groups in total. The summed E-state index contributed by atoms with van der Waals surface area (Å²) in [5, 5.41) is 8.06. The summed E-state index contributed by atoms with van der Waals surface area (Å²) in [5.41, 5.74) is 2.44. The van der Waals surface area contributed by atoms with E-state index in [9.17, 15) is 13.2 Å². The molecule has 0 aliphatic carbocycles. The number of aryl methyl sites for hydroxylation is 1. The first kappa shape index (κ1) is 18.8. The molecule has 1 atom stereocenters. The lowest BCUT2D eigenvalue weighted by molar-refractivity contribution is 0.311. The van der Waals surface area contributed by atoms with E-state index >= 15 is 0 Å². The smallest absolute Gasteiger partial charge is 0.281 e. The molecule has 0 unspecified atom stereocenters. The summed E-state index contributed by atoms with van der Waals surface area (Å²) in [5.74, 6) is 0.321. The van der Waals surface area contributed by atoms with Crippen LogP contribution in [0, 0.1) is 6.92 Å². The SMILES string of the molecule is Cc1ccc(Cn2nnc3c(=O)[nH]c([C@H]4CCCN(S(C)(=O)=O)C4)nc32)cc1. The van der Waals surface area contributed by atoms with E-state index in [1.807, 2.05) is 31.2 Å². The molecule has 1 aliphatic rings. The summed E-state index contributed by atoms with van der Waals surface area (Å²) in [4.78, 5) is 19.9. The molecule has 3 aromatic rings. The predicted molar refractivity (Wildman–Crippen MR) is 105 cm³/mol. The molecule has 1 aromatic carbocycles. The summed E-state index contributed by atoms with van der Waals surface area (Å²) in [6.07, 6.45) is 2.69. The molecule has 148 valence electrons. The minimum absolute atomic E-state index is 0.164. The largest absolute Gasteiger partial charge is 0.308 e. The Hall–Kier alpha value is -2.59. The number of fused-ring (bicyclic) bond motifs is 1. The fraction of sp³-hybridized carbons (Fsp3) is 0.444. The third-order valence-electron chi connectivity index (χ3n) is 5.08. The second kappa shape index (κ2) is 7.10. The molecular formula is C18H22N6O3S. The lowest BCUT2D eigenvalue weighted by Gasteiger charge is -2.30. The second-order valence-electron chi connectivity index (χ2n) is 7.32. The molecule has 1 aliphatic heterocycles. The zero-order chi connectivity index (χ0) is 19.9. The van der Waals surface area contributed by atoms with E-state index in [4.69, 9.17) is 0 Å². The molecule has 0 spiro atoms. The van der Waals surface area contributed by atoms with Crippen LogP contribution in [-0.4, -0.2) is 57.0 Å². The van der Waals surface area contributed by atoms with Gasteiger partial charge in [-0.15, -0.1) is 5.10 Å². The molecule has 3 heterocycles. The van der Waals surface area contributed by atoms with Crippen LogP contribution in [0.15, 0.2) is 29.1 Å². The van der Waals surface area contributed by atoms with Crippen LogP contribution < -0.4 is 5.56 Å². The molecule has 10 heteroatoms. The van der Waals surface area contributed by atoms with Crippen molar-refractivity contribution < 1.29 is 8.42 Å². The van der Waals surface area contributed by atoms with Crippen LogP contribution in [0.2, 0.25) is 0 Å². The number of piperidine rings is 1. The minimum atomic E-state index is -3.28. The van der Waals surface area contributed by atoms with Gasteiger partial charge in [-0.1, -0.05) is 35.0 Å². The molecule has 2 aromatic heterocycles. The van der Waals surface area contributed by atoms with E-state index in [1.54, 1.807) is 4.68 Å². The molecule has 4 rings (SSSR count). The Bertz CT molecular complexity index is 1170. The van der Waals surface area contributed by atoms with Crippen molar-refractivity contribution in [1.29, 1.82) is 0 Å². The van der Waals surface area contributed by atoms with E-state index in [-0.39, 0.29) is 17.0 Å². The molecule has 0 amide bonds. The van der Waals surface area contributed by atoms with Gasteiger partial charge in [0.1, 0.15) is 5.82 Å². The topological polar surface area (TPSA) is 114 Å². The van der Waals surface area contributed by atoms with Crippen molar-refractivity contribution in [2.45, 2.75) is 32.2 Å². The highest BCUT2D eigenvalue weighted by Crippen LogP contribution is 2.26. The normalized spacial score (nSPS) is 18.6. The van der Waals surface area contributed by atoms with Crippen LogP contribution in [0.3, 0.4) is 0 Å². The Morgan fingerprint density at radius 1 is 1.25 bits per heavy atom. The lowest BCUT2D eigenvalue weighted by atomic mass is 9.99. The van der Waals surface area contributed by atoms with Crippen molar-refractivity contribution in [3.63, 3.8) is 0 Å². The predicted octanol–water partition coefficient (Wildman–Crippen LogP) is 1.01. The molecule has 0 bridgehead atoms. The number of nitrogens with one attached hydrogen (secondary N) is 1. The first-order valence-electron chi connectivity index (χ1n) is 9.15. The number of hydrogen-bond donors (Lipinski definition) is 1. The number of aromatic amines is 1. The summed E-state index contributed by atoms with van der Waals surface area (Å²) in [6.45, 7) is 3.28. The van der Waals surface area contributed by atoms with Gasteiger partial charge in [0.15, 0.2) is 11.2 Å². The summed E-state index contributed by atoms with van der Waals surface area (Å²) in [7, 11) is -3.28. The zero-order valence-corrected chi connectivity index (χ0v) is 16.6. The Labute approximate surface area is 162 Å². The van der Waals surface area contributed by atoms with Crippen molar-refractivity contribution in [1.82, 2.24) is 29.3 Å². The van der Waals surface area contributed by atoms with Crippen molar-refractivity contribution in [3.05, 3.63) is 51.6 Å². The molecule has 1 saturated heterocycles. The summed E-state index contributed by atoms with van der Waals surface area (Å²) >= 11 is 0. The third-order valence-corrected chi connectivity index (χ3v) is 6.35. The summed E-state index contributed by atoms with van der Waals surface area (Å²) < 4.78 is 26.8. The average molecular weight is 402 g/mol. The first-order chi connectivity index (χ1) is 13.3. The Balaban J connectivity index is 1.69. The van der Waals surface area contributed by atoms with E-state index in [1.165, 1.54) is 10.6 Å². The van der Waals surface area contributed by atoms with Crippen LogP contribution in [0.5, 0.6) is 0 Å². The molecular weight excluding hydrogens is 380 g/mol. The van der Waals surface area contributed by atoms with Gasteiger partial charge >= 0.3 is 0 Å². The van der Waals surface area contributed by atoms with Gasteiger partial charge in [0.25, 0.3) is 5.56 Å². The Morgan fingerprint density at radius 3 is 2.71 bits per heavy atom. The van der Waals surface area contributed by atoms with E-state index in [0.29, 0.717) is 31.1 Å². The van der Waals surface area contributed by atoms with Gasteiger partial charge in [0.05, 0.1) is 12.8 Å². The lowest BCUT2D eigenvalue weighted by Crippen LogP contribution is -2.39. The standard InChI is InChI=1S/C18H22N6O3S/c1-12-5-7-13(8-6-12)10-24-17-15(21-22-24)18(25)20-16(19-17)14-4-3-9-23(11-14)28(2,26)27/h5-8,14H,3-4,9-11H2,1-2H3,(H,19,20,25)/t14-/m0/s1. The van der Waals surface area contributed by atoms with Crippen LogP contribution >= 0.6 is 0 Å². The van der Waals surface area contributed by atoms with Crippen LogP contribution in [0.4, 0.5) is 0 Å². The van der Waals surface area contributed by atoms with E-state index in [0.717, 1.165) is 24.0 Å². The van der Waals surface area contributed by atoms with Crippen LogP contribution in [0.25, 0.3) is 11.2 Å². The maximum Gasteiger partial charge on any atom is 0.281 e. The van der Waals surface area contributed by atoms with Crippen molar-refractivity contribution in [2.75, 3.05) is 19.3 Å². The molecule has 28 heavy (non-hydrogen) atoms. The fourth-order valence-corrected chi connectivity index (χ4v) is 4.43. The number of H-pyrrole nitrogens is 1. The number of aromatic nitrogens is 5. The number of hydrogen-bond acceptors (Lipinski definition) is 6. The molecule has 0 radical (unpaired) electrons. The fourth-order valence-electron chi connectivity index (χ4n) is 3.52. The van der Waals surface area contributed by atoms with Crippen molar-refractivity contribution in [2.24, 2.45) is 0 Å². The average Bonchev–Trinajstić information content (AvgIpc) is 3.06. The highest BCUT2D eigenvalue weighted by molar-refractivity contribution is 7.88. The number of nitrogens with zero attached hydrogens (tertiary/aromatic N) is 5. The summed E-state index contributed by atoms with van der Waals surface area (Å²) in [6, 6.07) is 8.04. The first-order valence-corrected chi connectivity index (χ1v) is 11.0. The zero-order valence-electron chi connectivity index (χ0n) is 15.8. The van der Waals surface area contributed by atoms with Gasteiger partial charge in [-0.3, -0.25) is 4.79 Å². The molecule has 0 saturated carbocycles. The molecule has 9 nitrogen and oxygen atoms in total. The number of rotatable bonds is 4. The second-order valence-corrected chi connectivity index (χ2v) is 9.30. The van der Waals surface area contributed by atoms with Crippen molar-refractivity contribution in [3.8, 4) is 0 Å². The van der Waals surface area contributed by atoms with Crippen LogP contribution in [-0.2, 0) is 16.6 Å². The van der Waals surface area contributed by atoms with Gasteiger partial charge in [0, 0.05) is 19.0 Å². The third kappa shape index (κ3) is 3.69. The Morgan fingerprint density at radius 2 is 2.00 bits per heavy atom. The monoisotopic (exact) mass is 402 g/mol. The maximum atomic E-state index is 12.5. The van der Waals surface area contributed by atoms with Gasteiger partial charge in [0.2, 0.25) is 10.0 Å². The minimum Gasteiger partial charge on any atom is -0.308 e. The highest BCUT2D eigenvalue weighted by Gasteiger charge is 2.29. The van der Waals surface area contributed by atoms with Gasteiger partial charge < -0.3 is 4.98 Å². The Kier molecular flexibility index (Phi) is 4.76. The van der Waals surface area contributed by atoms with E-state index < -0.39 is 10.0 Å².